The van der Waals surface area contributed by atoms with Crippen molar-refractivity contribution in [1.29, 1.82) is 0 Å². The molecule has 7 heteroatoms. The van der Waals surface area contributed by atoms with Crippen molar-refractivity contribution in [2.45, 2.75) is 19.4 Å². The van der Waals surface area contributed by atoms with E-state index in [0.717, 1.165) is 30.9 Å². The summed E-state index contributed by atoms with van der Waals surface area (Å²) in [6.07, 6.45) is 1.77. The molecule has 0 spiro atoms. The zero-order valence-electron chi connectivity index (χ0n) is 14.8. The zero-order chi connectivity index (χ0) is 18.8. The minimum Gasteiger partial charge on any atom is -0.490 e. The van der Waals surface area contributed by atoms with Crippen molar-refractivity contribution in [3.8, 4) is 11.5 Å². The van der Waals surface area contributed by atoms with Crippen molar-refractivity contribution in [1.82, 2.24) is 4.90 Å². The molecule has 0 aromatic heterocycles. The van der Waals surface area contributed by atoms with Crippen molar-refractivity contribution in [3.05, 3.63) is 51.5 Å². The van der Waals surface area contributed by atoms with E-state index in [9.17, 15) is 4.79 Å². The van der Waals surface area contributed by atoms with Gasteiger partial charge in [-0.3, -0.25) is 9.69 Å². The molecule has 2 aliphatic rings. The van der Waals surface area contributed by atoms with Gasteiger partial charge in [-0.25, -0.2) is 0 Å². The fourth-order valence-corrected chi connectivity index (χ4v) is 3.96. The molecule has 0 saturated carbocycles. The Bertz CT molecular complexity index is 852. The van der Waals surface area contributed by atoms with Gasteiger partial charge in [-0.05, 0) is 47.9 Å². The van der Waals surface area contributed by atoms with E-state index in [-0.39, 0.29) is 5.91 Å². The van der Waals surface area contributed by atoms with Gasteiger partial charge in [0.2, 0.25) is 5.91 Å². The lowest BCUT2D eigenvalue weighted by molar-refractivity contribution is -0.117. The number of benzene rings is 2. The molecule has 0 bridgehead atoms. The van der Waals surface area contributed by atoms with Crippen LogP contribution in [-0.2, 0) is 17.8 Å². The molecule has 1 amide bonds. The number of anilines is 1. The quantitative estimate of drug-likeness (QED) is 0.831. The lowest BCUT2D eigenvalue weighted by Gasteiger charge is -2.29. The molecule has 1 N–H and O–H groups in total. The third-order valence-electron chi connectivity index (χ3n) is 4.67. The highest BCUT2D eigenvalue weighted by molar-refractivity contribution is 6.35. The summed E-state index contributed by atoms with van der Waals surface area (Å²) in [4.78, 5) is 14.5. The van der Waals surface area contributed by atoms with Gasteiger partial charge in [-0.15, -0.1) is 0 Å². The lowest BCUT2D eigenvalue weighted by atomic mass is 9.99. The minimum absolute atomic E-state index is 0.0915. The second kappa shape index (κ2) is 7.97. The first-order chi connectivity index (χ1) is 13.1. The molecule has 27 heavy (non-hydrogen) atoms. The number of nitrogens with one attached hydrogen (secondary N) is 1. The third-order valence-corrected chi connectivity index (χ3v) is 5.11. The maximum atomic E-state index is 12.4. The van der Waals surface area contributed by atoms with E-state index in [4.69, 9.17) is 32.7 Å². The Balaban J connectivity index is 1.42. The van der Waals surface area contributed by atoms with E-state index in [0.29, 0.717) is 42.0 Å². The molecule has 0 atom stereocenters. The van der Waals surface area contributed by atoms with Crippen molar-refractivity contribution in [3.63, 3.8) is 0 Å². The third kappa shape index (κ3) is 4.49. The summed E-state index contributed by atoms with van der Waals surface area (Å²) in [5.41, 5.74) is 3.05. The largest absolute Gasteiger partial charge is 0.490 e. The van der Waals surface area contributed by atoms with E-state index in [1.165, 1.54) is 11.1 Å². The topological polar surface area (TPSA) is 50.8 Å². The second-order valence-electron chi connectivity index (χ2n) is 6.79. The number of nitrogens with zero attached hydrogens (tertiary/aromatic N) is 1. The first-order valence-electron chi connectivity index (χ1n) is 8.96. The van der Waals surface area contributed by atoms with Crippen molar-refractivity contribution >= 4 is 34.8 Å². The van der Waals surface area contributed by atoms with Crippen LogP contribution in [0.2, 0.25) is 10.0 Å². The summed E-state index contributed by atoms with van der Waals surface area (Å²) in [5.74, 6) is 1.53. The molecule has 0 unspecified atom stereocenters. The van der Waals surface area contributed by atoms with Crippen LogP contribution in [0.25, 0.3) is 0 Å². The van der Waals surface area contributed by atoms with E-state index < -0.39 is 0 Å². The van der Waals surface area contributed by atoms with Crippen molar-refractivity contribution in [2.75, 3.05) is 31.6 Å². The molecule has 0 saturated heterocycles. The van der Waals surface area contributed by atoms with Gasteiger partial charge in [-0.1, -0.05) is 23.2 Å². The van der Waals surface area contributed by atoms with Gasteiger partial charge < -0.3 is 14.8 Å². The molecule has 0 fully saturated rings. The fraction of sp³-hybridized carbons (Fsp3) is 0.350. The number of rotatable bonds is 3. The summed E-state index contributed by atoms with van der Waals surface area (Å²) in [7, 11) is 0. The first kappa shape index (κ1) is 18.4. The molecule has 2 aromatic rings. The van der Waals surface area contributed by atoms with Crippen molar-refractivity contribution in [2.24, 2.45) is 0 Å². The molecule has 5 nitrogen and oxygen atoms in total. The zero-order valence-corrected chi connectivity index (χ0v) is 16.3. The highest BCUT2D eigenvalue weighted by Crippen LogP contribution is 2.35. The number of hydrogen-bond acceptors (Lipinski definition) is 4. The normalized spacial score (nSPS) is 16.4. The maximum absolute atomic E-state index is 12.4. The van der Waals surface area contributed by atoms with Crippen LogP contribution in [0.15, 0.2) is 30.3 Å². The molecule has 4 rings (SSSR count). The number of carbonyl (C=O) groups is 1. The Morgan fingerprint density at radius 1 is 1.00 bits per heavy atom. The summed E-state index contributed by atoms with van der Waals surface area (Å²) in [6.45, 7) is 3.18. The van der Waals surface area contributed by atoms with Gasteiger partial charge in [0.15, 0.2) is 11.5 Å². The van der Waals surface area contributed by atoms with Crippen LogP contribution in [0.1, 0.15) is 17.5 Å². The lowest BCUT2D eigenvalue weighted by Crippen LogP contribution is -2.37. The smallest absolute Gasteiger partial charge is 0.238 e. The van der Waals surface area contributed by atoms with Crippen LogP contribution < -0.4 is 14.8 Å². The van der Waals surface area contributed by atoms with Gasteiger partial charge in [0, 0.05) is 35.2 Å². The number of ether oxygens (including phenoxy) is 2. The summed E-state index contributed by atoms with van der Waals surface area (Å²) in [5, 5.41) is 3.85. The Morgan fingerprint density at radius 3 is 2.37 bits per heavy atom. The van der Waals surface area contributed by atoms with E-state index in [1.54, 1.807) is 18.2 Å². The second-order valence-corrected chi connectivity index (χ2v) is 7.66. The maximum Gasteiger partial charge on any atom is 0.238 e. The number of hydrogen-bond donors (Lipinski definition) is 1. The molecule has 0 aliphatic carbocycles. The minimum atomic E-state index is -0.0915. The van der Waals surface area contributed by atoms with Gasteiger partial charge in [0.25, 0.3) is 0 Å². The van der Waals surface area contributed by atoms with Crippen LogP contribution in [0.5, 0.6) is 11.5 Å². The van der Waals surface area contributed by atoms with Crippen LogP contribution in [0.4, 0.5) is 5.69 Å². The van der Waals surface area contributed by atoms with Crippen LogP contribution in [0, 0.1) is 0 Å². The van der Waals surface area contributed by atoms with Gasteiger partial charge in [0.05, 0.1) is 19.8 Å². The average molecular weight is 407 g/mol. The SMILES string of the molecule is O=C(CN1CCc2cc3c(cc2C1)OCCCO3)Nc1cc(Cl)cc(Cl)c1. The Kier molecular flexibility index (Phi) is 5.43. The molecular weight excluding hydrogens is 387 g/mol. The Hall–Kier alpha value is -1.95. The molecular formula is C20H20Cl2N2O3. The summed E-state index contributed by atoms with van der Waals surface area (Å²) in [6, 6.07) is 9.14. The van der Waals surface area contributed by atoms with Gasteiger partial charge in [0.1, 0.15) is 0 Å². The molecule has 142 valence electrons. The van der Waals surface area contributed by atoms with Crippen LogP contribution in [-0.4, -0.2) is 37.1 Å². The van der Waals surface area contributed by atoms with E-state index in [2.05, 4.69) is 22.3 Å². The van der Waals surface area contributed by atoms with Gasteiger partial charge in [-0.2, -0.15) is 0 Å². The standard InChI is InChI=1S/C20H20Cl2N2O3/c21-15-8-16(22)10-17(9-15)23-20(25)12-24-3-2-13-6-18-19(7-14(13)11-24)27-5-1-4-26-18/h6-10H,1-5,11-12H2,(H,23,25). The summed E-state index contributed by atoms with van der Waals surface area (Å²) < 4.78 is 11.6. The number of carbonyl (C=O) groups excluding carboxylic acids is 1. The molecule has 0 radical (unpaired) electrons. The first-order valence-corrected chi connectivity index (χ1v) is 9.72. The van der Waals surface area contributed by atoms with Gasteiger partial charge >= 0.3 is 0 Å². The fourth-order valence-electron chi connectivity index (χ4n) is 3.44. The Labute approximate surface area is 168 Å². The van der Waals surface area contributed by atoms with E-state index >= 15 is 0 Å². The van der Waals surface area contributed by atoms with Crippen molar-refractivity contribution < 1.29 is 14.3 Å². The number of amides is 1. The average Bonchev–Trinajstić information content (AvgIpc) is 2.83. The van der Waals surface area contributed by atoms with Crippen LogP contribution >= 0.6 is 23.2 Å². The predicted octanol–water partition coefficient (Wildman–Crippen LogP) is 4.15. The van der Waals surface area contributed by atoms with Crippen LogP contribution in [0.3, 0.4) is 0 Å². The molecule has 2 aliphatic heterocycles. The number of fused-ring (bicyclic) bond motifs is 2. The van der Waals surface area contributed by atoms with E-state index in [1.807, 2.05) is 0 Å². The molecule has 2 heterocycles. The highest BCUT2D eigenvalue weighted by Gasteiger charge is 2.22. The summed E-state index contributed by atoms with van der Waals surface area (Å²) >= 11 is 12.0. The predicted molar refractivity (Wildman–Crippen MR) is 106 cm³/mol. The monoisotopic (exact) mass is 406 g/mol. The number of halogens is 2. The molecule has 2 aromatic carbocycles. The highest BCUT2D eigenvalue weighted by atomic mass is 35.5. The Morgan fingerprint density at radius 2 is 1.67 bits per heavy atom.